The molecule has 0 radical (unpaired) electrons. The van der Waals surface area contributed by atoms with Gasteiger partial charge < -0.3 is 87.7 Å². The van der Waals surface area contributed by atoms with Gasteiger partial charge in [0, 0.05) is 36.6 Å². The van der Waals surface area contributed by atoms with Crippen molar-refractivity contribution in [3.63, 3.8) is 0 Å². The highest BCUT2D eigenvalue weighted by atomic mass is 16.2. The smallest absolute Gasteiger partial charge is 0.243 e. The number of amides is 9. The van der Waals surface area contributed by atoms with Gasteiger partial charge in [0.2, 0.25) is 53.2 Å². The van der Waals surface area contributed by atoms with Gasteiger partial charge >= 0.3 is 0 Å². The van der Waals surface area contributed by atoms with E-state index in [0.29, 0.717) is 32.2 Å². The highest BCUT2D eigenvalue weighted by Gasteiger charge is 2.36. The Balaban J connectivity index is 2.35. The van der Waals surface area contributed by atoms with Gasteiger partial charge in [-0.05, 0) is 108 Å². The Morgan fingerprint density at radius 3 is 1.48 bits per heavy atom. The maximum absolute atomic E-state index is 14.3. The summed E-state index contributed by atoms with van der Waals surface area (Å²) < 4.78 is 0. The summed E-state index contributed by atoms with van der Waals surface area (Å²) in [6.07, 6.45) is 4.09. The number of primary amides is 1. The summed E-state index contributed by atoms with van der Waals surface area (Å²) in [4.78, 5) is 135. The van der Waals surface area contributed by atoms with Crippen molar-refractivity contribution in [2.75, 3.05) is 19.6 Å². The number of carbonyl (C=O) groups excluding carboxylic acids is 9. The number of fused-ring (bicyclic) bond motifs is 1. The Morgan fingerprint density at radius 1 is 0.525 bits per heavy atom. The monoisotopic (exact) mass is 1120 g/mol. The molecule has 80 heavy (non-hydrogen) atoms. The zero-order valence-electron chi connectivity index (χ0n) is 47.8. The van der Waals surface area contributed by atoms with Crippen LogP contribution in [0.5, 0.6) is 0 Å². The Bertz CT molecular complexity index is 2420. The minimum atomic E-state index is -1.29. The maximum atomic E-state index is 14.3. The molecule has 448 valence electrons. The fourth-order valence-corrected chi connectivity index (χ4v) is 8.47. The first kappa shape index (κ1) is 68.6. The third-order valence-corrected chi connectivity index (χ3v) is 13.1. The summed E-state index contributed by atoms with van der Waals surface area (Å²) in [6, 6.07) is -3.05. The average Bonchev–Trinajstić information content (AvgIpc) is 3.79. The van der Waals surface area contributed by atoms with E-state index in [9.17, 15) is 43.2 Å². The van der Waals surface area contributed by atoms with E-state index in [1.807, 2.05) is 52.0 Å². The van der Waals surface area contributed by atoms with Gasteiger partial charge in [-0.1, -0.05) is 66.2 Å². The molecule has 0 aliphatic heterocycles. The second kappa shape index (κ2) is 35.1. The molecular formula is C53H92N18O9. The molecule has 0 spiro atoms. The lowest BCUT2D eigenvalue weighted by Gasteiger charge is -2.29. The lowest BCUT2D eigenvalue weighted by Crippen LogP contribution is -2.61. The number of carbonyl (C=O) groups is 9. The number of nitrogens with two attached hydrogens (primary N) is 7. The first-order valence-electron chi connectivity index (χ1n) is 27.5. The number of aromatic amines is 1. The number of para-hydroxylation sites is 1. The van der Waals surface area contributed by atoms with Crippen LogP contribution in [0, 0.1) is 17.8 Å². The predicted octanol–water partition coefficient (Wildman–Crippen LogP) is -2.18. The van der Waals surface area contributed by atoms with E-state index < -0.39 is 113 Å². The molecule has 2 aromatic rings. The van der Waals surface area contributed by atoms with Crippen LogP contribution in [0.4, 0.5) is 0 Å². The van der Waals surface area contributed by atoms with E-state index in [1.54, 1.807) is 20.0 Å². The third kappa shape index (κ3) is 24.6. The molecule has 0 bridgehead atoms. The van der Waals surface area contributed by atoms with Crippen molar-refractivity contribution in [3.8, 4) is 0 Å². The molecule has 1 aromatic heterocycles. The maximum Gasteiger partial charge on any atom is 0.243 e. The van der Waals surface area contributed by atoms with Gasteiger partial charge in [0.25, 0.3) is 0 Å². The average molecular weight is 1130 g/mol. The fourth-order valence-electron chi connectivity index (χ4n) is 8.47. The molecule has 0 aliphatic carbocycles. The summed E-state index contributed by atoms with van der Waals surface area (Å²) in [5.74, 6) is -7.53. The number of nitrogens with zero attached hydrogens (tertiary/aromatic N) is 2. The third-order valence-electron chi connectivity index (χ3n) is 13.1. The van der Waals surface area contributed by atoms with E-state index in [-0.39, 0.29) is 81.8 Å². The number of unbranched alkanes of at least 4 members (excludes halogenated alkanes) is 1. The van der Waals surface area contributed by atoms with Crippen molar-refractivity contribution in [3.05, 3.63) is 36.0 Å². The zero-order chi connectivity index (χ0) is 60.2. The first-order valence-corrected chi connectivity index (χ1v) is 27.5. The number of guanidine groups is 2. The van der Waals surface area contributed by atoms with Crippen LogP contribution in [0.3, 0.4) is 0 Å². The minimum Gasteiger partial charge on any atom is -0.370 e. The molecule has 9 amide bonds. The van der Waals surface area contributed by atoms with Crippen LogP contribution in [-0.2, 0) is 49.6 Å². The number of hydrogen-bond acceptors (Lipinski definition) is 13. The van der Waals surface area contributed by atoms with Gasteiger partial charge in [-0.2, -0.15) is 0 Å². The first-order chi connectivity index (χ1) is 37.7. The Kier molecular flexibility index (Phi) is 30.1. The molecule has 1 aromatic carbocycles. The Morgan fingerprint density at radius 2 is 0.975 bits per heavy atom. The zero-order valence-corrected chi connectivity index (χ0v) is 47.8. The van der Waals surface area contributed by atoms with Crippen molar-refractivity contribution < 1.29 is 43.2 Å². The van der Waals surface area contributed by atoms with Gasteiger partial charge in [-0.15, -0.1) is 0 Å². The van der Waals surface area contributed by atoms with Gasteiger partial charge in [-0.3, -0.25) is 53.1 Å². The van der Waals surface area contributed by atoms with E-state index >= 15 is 0 Å². The van der Waals surface area contributed by atoms with Crippen molar-refractivity contribution in [1.29, 1.82) is 0 Å². The molecule has 2 rings (SSSR count). The second-order valence-corrected chi connectivity index (χ2v) is 21.2. The highest BCUT2D eigenvalue weighted by molar-refractivity contribution is 5.98. The molecule has 27 heteroatoms. The molecule has 0 fully saturated rings. The van der Waals surface area contributed by atoms with Gasteiger partial charge in [0.05, 0.1) is 6.04 Å². The van der Waals surface area contributed by atoms with E-state index in [2.05, 4.69) is 57.5 Å². The molecular weight excluding hydrogens is 1030 g/mol. The number of aliphatic imine (C=N–C) groups is 2. The van der Waals surface area contributed by atoms with E-state index in [4.69, 9.17) is 40.1 Å². The molecule has 0 saturated carbocycles. The van der Waals surface area contributed by atoms with Crippen molar-refractivity contribution in [2.24, 2.45) is 67.9 Å². The summed E-state index contributed by atoms with van der Waals surface area (Å²) in [6.45, 7) is 14.3. The molecule has 0 saturated heterocycles. The quantitative estimate of drug-likeness (QED) is 0.0194. The van der Waals surface area contributed by atoms with Crippen LogP contribution >= 0.6 is 0 Å². The number of H-pyrrole nitrogens is 1. The van der Waals surface area contributed by atoms with Crippen LogP contribution < -0.4 is 82.7 Å². The van der Waals surface area contributed by atoms with E-state index in [0.717, 1.165) is 16.5 Å². The molecule has 23 N–H and O–H groups in total. The number of rotatable bonds is 37. The van der Waals surface area contributed by atoms with E-state index in [1.165, 1.54) is 13.8 Å². The number of hydrogen-bond donors (Lipinski definition) is 16. The van der Waals surface area contributed by atoms with Crippen molar-refractivity contribution >= 4 is 76.0 Å². The van der Waals surface area contributed by atoms with Gasteiger partial charge in [-0.25, -0.2) is 0 Å². The van der Waals surface area contributed by atoms with Crippen LogP contribution in [0.1, 0.15) is 125 Å². The van der Waals surface area contributed by atoms with Crippen LogP contribution in [0.2, 0.25) is 0 Å². The normalized spacial score (nSPS) is 15.0. The van der Waals surface area contributed by atoms with Crippen LogP contribution in [0.25, 0.3) is 10.9 Å². The van der Waals surface area contributed by atoms with Crippen molar-refractivity contribution in [1.82, 2.24) is 47.5 Å². The summed E-state index contributed by atoms with van der Waals surface area (Å²) >= 11 is 0. The summed E-state index contributed by atoms with van der Waals surface area (Å²) in [5, 5.41) is 22.6. The van der Waals surface area contributed by atoms with Crippen molar-refractivity contribution in [2.45, 2.75) is 180 Å². The number of benzene rings is 1. The summed E-state index contributed by atoms with van der Waals surface area (Å²) in [7, 11) is 0. The largest absolute Gasteiger partial charge is 0.370 e. The molecule has 0 aliphatic rings. The second-order valence-electron chi connectivity index (χ2n) is 21.2. The summed E-state index contributed by atoms with van der Waals surface area (Å²) in [5.41, 5.74) is 40.6. The standard InChI is InChI=1S/C53H92N18O9/c1-9-30(6)42(51(80)67-38(20-15-23-62-53(59)60)47(76)66-37(18-12-13-21-54)46(75)65-36(43(56)72)19-14-22-61-52(57)58)71-45(74)32(8)64-48(77)39(24-28(2)3)69-49(78)40(25-29(4)5)70-50(79)41(68-44(73)31(7)55)26-33-27-63-35-17-11-10-16-34(33)35/h10-11,16-17,27-32,36-42,63H,9,12-15,18-26,54-55H2,1-8H3,(H2,56,72)(H,64,77)(H,65,75)(H,66,76)(H,67,80)(H,68,73)(H,69,78)(H,70,79)(H,71,74)(H4,57,58,61)(H4,59,60,62)/t30-,31-,32-,36-,37-,38-,39-,40-,41-,42-/m0/s1. The number of aromatic nitrogens is 1. The SMILES string of the molecule is CC[C@H](C)[C@H](NC(=O)[C@H](C)NC(=O)[C@H](CC(C)C)NC(=O)[C@H](CC(C)C)NC(=O)[C@H](Cc1c[nH]c2ccccc12)NC(=O)[C@H](C)N)C(=O)N[C@@H](CCCN=C(N)N)C(=O)N[C@@H](CCCCN)C(=O)N[C@@H](CCCN=C(N)N)C(N)=O. The highest BCUT2D eigenvalue weighted by Crippen LogP contribution is 2.20. The molecule has 10 atom stereocenters. The minimum absolute atomic E-state index is 0.0196. The molecule has 0 unspecified atom stereocenters. The lowest BCUT2D eigenvalue weighted by molar-refractivity contribution is -0.136. The topological polar surface area (TPSA) is 473 Å². The van der Waals surface area contributed by atoms with Gasteiger partial charge in [0.15, 0.2) is 11.9 Å². The molecule has 27 nitrogen and oxygen atoms in total. The number of nitrogens with one attached hydrogen (secondary N) is 9. The predicted molar refractivity (Wildman–Crippen MR) is 307 cm³/mol. The van der Waals surface area contributed by atoms with Gasteiger partial charge in [0.1, 0.15) is 48.3 Å². The van der Waals surface area contributed by atoms with Crippen LogP contribution in [0.15, 0.2) is 40.4 Å². The Hall–Kier alpha value is -7.55. The lowest BCUT2D eigenvalue weighted by atomic mass is 9.97. The molecule has 1 heterocycles. The fraction of sp³-hybridized carbons (Fsp3) is 0.642. The van der Waals surface area contributed by atoms with Crippen LogP contribution in [-0.4, -0.2) is 144 Å². The Labute approximate surface area is 469 Å².